The van der Waals surface area contributed by atoms with Crippen molar-refractivity contribution in [2.45, 2.75) is 13.0 Å². The van der Waals surface area contributed by atoms with Gasteiger partial charge in [-0.1, -0.05) is 6.07 Å². The van der Waals surface area contributed by atoms with Crippen LogP contribution in [-0.4, -0.2) is 28.8 Å². The predicted octanol–water partition coefficient (Wildman–Crippen LogP) is 1.41. The van der Waals surface area contributed by atoms with Gasteiger partial charge in [-0.3, -0.25) is 4.21 Å². The molecule has 0 amide bonds. The maximum absolute atomic E-state index is 13.8. The van der Waals surface area contributed by atoms with E-state index >= 15 is 0 Å². The Bertz CT molecular complexity index is 427. The molecule has 1 aromatic rings. The van der Waals surface area contributed by atoms with Crippen LogP contribution >= 0.6 is 0 Å². The average Bonchev–Trinajstić information content (AvgIpc) is 2.29. The summed E-state index contributed by atoms with van der Waals surface area (Å²) in [6.45, 7) is 3.19. The van der Waals surface area contributed by atoms with E-state index in [9.17, 15) is 8.60 Å². The van der Waals surface area contributed by atoms with Gasteiger partial charge in [0.15, 0.2) is 0 Å². The van der Waals surface area contributed by atoms with Crippen molar-refractivity contribution in [3.63, 3.8) is 0 Å². The van der Waals surface area contributed by atoms with E-state index in [0.717, 1.165) is 5.69 Å². The van der Waals surface area contributed by atoms with Crippen LogP contribution in [0.3, 0.4) is 0 Å². The van der Waals surface area contributed by atoms with Crippen molar-refractivity contribution in [1.29, 1.82) is 0 Å². The first kappa shape index (κ1) is 12.5. The minimum atomic E-state index is -0.724. The fourth-order valence-corrected chi connectivity index (χ4v) is 3.18. The van der Waals surface area contributed by atoms with Gasteiger partial charge in [0.25, 0.3) is 0 Å². The maximum Gasteiger partial charge on any atom is 0.130 e. The van der Waals surface area contributed by atoms with Crippen molar-refractivity contribution < 1.29 is 8.60 Å². The zero-order valence-corrected chi connectivity index (χ0v) is 10.7. The number of rotatable bonds is 2. The first-order valence-corrected chi connectivity index (χ1v) is 7.22. The molecule has 94 valence electrons. The first-order valence-electron chi connectivity index (χ1n) is 5.73. The molecule has 1 aliphatic heterocycles. The predicted molar refractivity (Wildman–Crippen MR) is 69.1 cm³/mol. The summed E-state index contributed by atoms with van der Waals surface area (Å²) < 4.78 is 25.1. The Morgan fingerprint density at radius 1 is 1.41 bits per heavy atom. The zero-order valence-electron chi connectivity index (χ0n) is 9.86. The number of halogens is 1. The lowest BCUT2D eigenvalue weighted by Gasteiger charge is -2.31. The normalized spacial score (nSPS) is 19.4. The van der Waals surface area contributed by atoms with E-state index in [1.165, 1.54) is 6.07 Å². The molecule has 0 bridgehead atoms. The Labute approximate surface area is 103 Å². The minimum Gasteiger partial charge on any atom is -0.369 e. The van der Waals surface area contributed by atoms with Crippen LogP contribution in [0.25, 0.3) is 0 Å². The van der Waals surface area contributed by atoms with Crippen molar-refractivity contribution in [1.82, 2.24) is 0 Å². The summed E-state index contributed by atoms with van der Waals surface area (Å²) in [6, 6.07) is 4.68. The van der Waals surface area contributed by atoms with Crippen LogP contribution in [-0.2, 0) is 10.8 Å². The second kappa shape index (κ2) is 5.14. The highest BCUT2D eigenvalue weighted by Gasteiger charge is 2.21. The molecule has 1 fully saturated rings. The minimum absolute atomic E-state index is 0.260. The van der Waals surface area contributed by atoms with Gasteiger partial charge in [-0.05, 0) is 19.1 Å². The topological polar surface area (TPSA) is 46.3 Å². The number of hydrogen-bond donors (Lipinski definition) is 1. The largest absolute Gasteiger partial charge is 0.369 e. The Hall–Kier alpha value is -0.940. The zero-order chi connectivity index (χ0) is 12.4. The molecule has 0 unspecified atom stereocenters. The summed E-state index contributed by atoms with van der Waals surface area (Å²) in [7, 11) is -0.724. The van der Waals surface area contributed by atoms with Gasteiger partial charge in [-0.2, -0.15) is 0 Å². The monoisotopic (exact) mass is 256 g/mol. The lowest BCUT2D eigenvalue weighted by Crippen LogP contribution is -2.38. The molecule has 5 heteroatoms. The Kier molecular flexibility index (Phi) is 3.79. The quantitative estimate of drug-likeness (QED) is 0.870. The van der Waals surface area contributed by atoms with Gasteiger partial charge in [-0.15, -0.1) is 0 Å². The van der Waals surface area contributed by atoms with Crippen LogP contribution < -0.4 is 10.6 Å². The molecule has 17 heavy (non-hydrogen) atoms. The van der Waals surface area contributed by atoms with Crippen LogP contribution in [0.4, 0.5) is 10.1 Å². The third kappa shape index (κ3) is 2.66. The summed E-state index contributed by atoms with van der Waals surface area (Å²) in [5, 5.41) is 0. The second-order valence-corrected chi connectivity index (χ2v) is 5.99. The van der Waals surface area contributed by atoms with Crippen LogP contribution in [0.5, 0.6) is 0 Å². The highest BCUT2D eigenvalue weighted by Crippen LogP contribution is 2.28. The number of nitrogens with zero attached hydrogens (tertiary/aromatic N) is 1. The molecule has 0 aliphatic carbocycles. The van der Waals surface area contributed by atoms with Gasteiger partial charge in [0, 0.05) is 52.7 Å². The number of anilines is 1. The van der Waals surface area contributed by atoms with E-state index in [4.69, 9.17) is 5.73 Å². The summed E-state index contributed by atoms with van der Waals surface area (Å²) in [4.78, 5) is 2.07. The Balaban J connectivity index is 2.31. The molecule has 0 spiro atoms. The molecule has 2 N–H and O–H groups in total. The molecule has 0 aromatic heterocycles. The van der Waals surface area contributed by atoms with Crippen LogP contribution in [0.1, 0.15) is 18.5 Å². The highest BCUT2D eigenvalue weighted by atomic mass is 32.2. The molecule has 2 rings (SSSR count). The van der Waals surface area contributed by atoms with Gasteiger partial charge >= 0.3 is 0 Å². The van der Waals surface area contributed by atoms with Gasteiger partial charge < -0.3 is 10.6 Å². The smallest absolute Gasteiger partial charge is 0.130 e. The van der Waals surface area contributed by atoms with Crippen LogP contribution in [0, 0.1) is 5.82 Å². The third-order valence-electron chi connectivity index (χ3n) is 3.00. The van der Waals surface area contributed by atoms with Crippen molar-refractivity contribution in [2.75, 3.05) is 29.5 Å². The molecule has 1 saturated heterocycles. The number of nitrogens with two attached hydrogens (primary N) is 1. The van der Waals surface area contributed by atoms with E-state index < -0.39 is 10.8 Å². The van der Waals surface area contributed by atoms with Crippen molar-refractivity contribution >= 4 is 16.5 Å². The summed E-state index contributed by atoms with van der Waals surface area (Å²) >= 11 is 0. The van der Waals surface area contributed by atoms with E-state index in [1.54, 1.807) is 13.0 Å². The molecule has 1 atom stereocenters. The SMILES string of the molecule is C[C@@H](N)c1c(F)cccc1N1CCS(=O)CC1. The second-order valence-electron chi connectivity index (χ2n) is 4.30. The average molecular weight is 256 g/mol. The molecule has 1 aromatic carbocycles. The van der Waals surface area contributed by atoms with Crippen molar-refractivity contribution in [3.05, 3.63) is 29.6 Å². The van der Waals surface area contributed by atoms with Crippen LogP contribution in [0.15, 0.2) is 18.2 Å². The Morgan fingerprint density at radius 2 is 2.06 bits per heavy atom. The van der Waals surface area contributed by atoms with Gasteiger partial charge in [0.2, 0.25) is 0 Å². The maximum atomic E-state index is 13.8. The molecular formula is C12H17FN2OS. The fraction of sp³-hybridized carbons (Fsp3) is 0.500. The van der Waals surface area contributed by atoms with E-state index in [1.807, 2.05) is 6.07 Å². The fourth-order valence-electron chi connectivity index (χ4n) is 2.13. The van der Waals surface area contributed by atoms with Gasteiger partial charge in [-0.25, -0.2) is 4.39 Å². The van der Waals surface area contributed by atoms with Gasteiger partial charge in [0.05, 0.1) is 0 Å². The van der Waals surface area contributed by atoms with Crippen molar-refractivity contribution in [3.8, 4) is 0 Å². The molecule has 3 nitrogen and oxygen atoms in total. The van der Waals surface area contributed by atoms with E-state index in [-0.39, 0.29) is 11.9 Å². The number of hydrogen-bond acceptors (Lipinski definition) is 3. The molecule has 1 aliphatic rings. The lowest BCUT2D eigenvalue weighted by atomic mass is 10.0. The third-order valence-corrected chi connectivity index (χ3v) is 4.28. The van der Waals surface area contributed by atoms with E-state index in [2.05, 4.69) is 4.90 Å². The highest BCUT2D eigenvalue weighted by molar-refractivity contribution is 7.85. The van der Waals surface area contributed by atoms with E-state index in [0.29, 0.717) is 30.2 Å². The molecular weight excluding hydrogens is 239 g/mol. The number of benzene rings is 1. The Morgan fingerprint density at radius 3 is 2.65 bits per heavy atom. The molecule has 1 heterocycles. The lowest BCUT2D eigenvalue weighted by molar-refractivity contribution is 0.591. The van der Waals surface area contributed by atoms with Crippen molar-refractivity contribution in [2.24, 2.45) is 5.73 Å². The van der Waals surface area contributed by atoms with Gasteiger partial charge in [0.1, 0.15) is 5.82 Å². The molecule has 0 radical (unpaired) electrons. The summed E-state index contributed by atoms with van der Waals surface area (Å²) in [6.07, 6.45) is 0. The molecule has 0 saturated carbocycles. The summed E-state index contributed by atoms with van der Waals surface area (Å²) in [5.74, 6) is 1.04. The standard InChI is InChI=1S/C12H17FN2OS/c1-9(14)12-10(13)3-2-4-11(12)15-5-7-17(16)8-6-15/h2-4,9H,5-8,14H2,1H3/t9-/m1/s1. The van der Waals surface area contributed by atoms with Crippen LogP contribution in [0.2, 0.25) is 0 Å². The first-order chi connectivity index (χ1) is 8.09. The summed E-state index contributed by atoms with van der Waals surface area (Å²) in [5.41, 5.74) is 7.22.